The van der Waals surface area contributed by atoms with Crippen LogP contribution in [0, 0.1) is 0 Å². The van der Waals surface area contributed by atoms with E-state index in [4.69, 9.17) is 9.72 Å². The number of methoxy groups -OCH3 is 1. The van der Waals surface area contributed by atoms with Gasteiger partial charge in [0.2, 0.25) is 0 Å². The Morgan fingerprint density at radius 1 is 1.19 bits per heavy atom. The first-order valence-electron chi connectivity index (χ1n) is 9.48. The summed E-state index contributed by atoms with van der Waals surface area (Å²) in [5.74, 6) is 0.858. The molecule has 0 radical (unpaired) electrons. The van der Waals surface area contributed by atoms with Crippen molar-refractivity contribution in [3.05, 3.63) is 18.2 Å². The fourth-order valence-electron chi connectivity index (χ4n) is 3.77. The van der Waals surface area contributed by atoms with Gasteiger partial charge in [-0.05, 0) is 31.0 Å². The van der Waals surface area contributed by atoms with Crippen LogP contribution in [0.15, 0.2) is 18.2 Å². The van der Waals surface area contributed by atoms with Gasteiger partial charge in [-0.15, -0.1) is 0 Å². The molecule has 1 aromatic carbocycles. The molecule has 1 saturated heterocycles. The van der Waals surface area contributed by atoms with Gasteiger partial charge in [0.25, 0.3) is 0 Å². The van der Waals surface area contributed by atoms with Crippen molar-refractivity contribution in [3.63, 3.8) is 0 Å². The maximum Gasteiger partial charge on any atom is 0.317 e. The first-order chi connectivity index (χ1) is 12.7. The van der Waals surface area contributed by atoms with E-state index in [1.807, 2.05) is 23.1 Å². The predicted octanol–water partition coefficient (Wildman–Crippen LogP) is 3.47. The predicted molar refractivity (Wildman–Crippen MR) is 105 cm³/mol. The Hall–Kier alpha value is -2.02. The molecule has 1 aromatic heterocycles. The molecule has 1 N–H and O–H groups in total. The third-order valence-electron chi connectivity index (χ3n) is 5.35. The average molecular weight is 375 g/mol. The summed E-state index contributed by atoms with van der Waals surface area (Å²) in [6, 6.07) is 6.45. The van der Waals surface area contributed by atoms with E-state index in [9.17, 15) is 4.79 Å². The zero-order chi connectivity index (χ0) is 17.9. The standard InChI is InChI=1S/C19H26N4O2S/c1-25-15-7-8-16-17(13-15)26-19(21-16)23-11-9-22(10-12-23)18(24)20-14-5-3-2-4-6-14/h7-8,13-14H,2-6,9-12H2,1H3,(H,20,24). The molecule has 26 heavy (non-hydrogen) atoms. The summed E-state index contributed by atoms with van der Waals surface area (Å²) in [6.45, 7) is 3.15. The Kier molecular flexibility index (Phi) is 5.15. The minimum atomic E-state index is 0.102. The number of nitrogens with one attached hydrogen (secondary N) is 1. The van der Waals surface area contributed by atoms with Gasteiger partial charge in [0.15, 0.2) is 5.13 Å². The molecule has 0 bridgehead atoms. The van der Waals surface area contributed by atoms with Crippen LogP contribution in [0.5, 0.6) is 5.75 Å². The van der Waals surface area contributed by atoms with Crippen LogP contribution < -0.4 is 15.0 Å². The molecular weight excluding hydrogens is 348 g/mol. The molecule has 0 unspecified atom stereocenters. The Labute approximate surface area is 158 Å². The molecule has 2 fully saturated rings. The molecule has 4 rings (SSSR count). The molecule has 0 atom stereocenters. The quantitative estimate of drug-likeness (QED) is 0.894. The number of ether oxygens (including phenoxy) is 1. The highest BCUT2D eigenvalue weighted by Crippen LogP contribution is 2.31. The van der Waals surface area contributed by atoms with Crippen molar-refractivity contribution in [2.24, 2.45) is 0 Å². The Bertz CT molecular complexity index is 764. The van der Waals surface area contributed by atoms with Gasteiger partial charge in [-0.2, -0.15) is 0 Å². The third kappa shape index (κ3) is 3.72. The van der Waals surface area contributed by atoms with Crippen molar-refractivity contribution >= 4 is 32.7 Å². The van der Waals surface area contributed by atoms with E-state index < -0.39 is 0 Å². The van der Waals surface area contributed by atoms with Crippen molar-refractivity contribution in [2.75, 3.05) is 38.2 Å². The molecule has 0 spiro atoms. The van der Waals surface area contributed by atoms with Crippen molar-refractivity contribution in [1.82, 2.24) is 15.2 Å². The monoisotopic (exact) mass is 374 g/mol. The highest BCUT2D eigenvalue weighted by molar-refractivity contribution is 7.22. The molecule has 2 amide bonds. The molecule has 7 heteroatoms. The van der Waals surface area contributed by atoms with Crippen LogP contribution in [0.25, 0.3) is 10.2 Å². The van der Waals surface area contributed by atoms with E-state index in [0.717, 1.165) is 60.1 Å². The van der Waals surface area contributed by atoms with Crippen molar-refractivity contribution in [2.45, 2.75) is 38.1 Å². The zero-order valence-corrected chi connectivity index (χ0v) is 16.1. The largest absolute Gasteiger partial charge is 0.497 e. The Morgan fingerprint density at radius 2 is 1.96 bits per heavy atom. The minimum absolute atomic E-state index is 0.102. The molecule has 1 aliphatic carbocycles. The number of urea groups is 1. The van der Waals surface area contributed by atoms with Crippen LogP contribution in [-0.4, -0.2) is 55.2 Å². The van der Waals surface area contributed by atoms with Crippen LogP contribution in [-0.2, 0) is 0 Å². The summed E-state index contributed by atoms with van der Waals surface area (Å²) in [5.41, 5.74) is 1.00. The maximum atomic E-state index is 12.5. The van der Waals surface area contributed by atoms with Crippen LogP contribution in [0.1, 0.15) is 32.1 Å². The lowest BCUT2D eigenvalue weighted by Gasteiger charge is -2.35. The van der Waals surface area contributed by atoms with E-state index >= 15 is 0 Å². The van der Waals surface area contributed by atoms with Crippen LogP contribution in [0.2, 0.25) is 0 Å². The fourth-order valence-corrected chi connectivity index (χ4v) is 4.81. The smallest absolute Gasteiger partial charge is 0.317 e. The van der Waals surface area contributed by atoms with E-state index in [1.165, 1.54) is 19.3 Å². The van der Waals surface area contributed by atoms with Crippen molar-refractivity contribution < 1.29 is 9.53 Å². The summed E-state index contributed by atoms with van der Waals surface area (Å²) in [4.78, 5) is 21.5. The highest BCUT2D eigenvalue weighted by Gasteiger charge is 2.25. The van der Waals surface area contributed by atoms with E-state index in [2.05, 4.69) is 10.2 Å². The number of rotatable bonds is 3. The maximum absolute atomic E-state index is 12.5. The van der Waals surface area contributed by atoms with Gasteiger partial charge in [0.1, 0.15) is 5.75 Å². The second-order valence-corrected chi connectivity index (χ2v) is 8.10. The first-order valence-corrected chi connectivity index (χ1v) is 10.3. The zero-order valence-electron chi connectivity index (χ0n) is 15.2. The van der Waals surface area contributed by atoms with E-state index in [0.29, 0.717) is 6.04 Å². The summed E-state index contributed by atoms with van der Waals surface area (Å²) >= 11 is 1.69. The van der Waals surface area contributed by atoms with Gasteiger partial charge in [0.05, 0.1) is 17.3 Å². The van der Waals surface area contributed by atoms with Crippen molar-refractivity contribution in [3.8, 4) is 5.75 Å². The number of carbonyl (C=O) groups is 1. The van der Waals surface area contributed by atoms with Crippen LogP contribution in [0.4, 0.5) is 9.93 Å². The molecule has 2 heterocycles. The SMILES string of the molecule is COc1ccc2nc(N3CCN(C(=O)NC4CCCCC4)CC3)sc2c1. The number of amides is 2. The molecular formula is C19H26N4O2S. The number of anilines is 1. The lowest BCUT2D eigenvalue weighted by Crippen LogP contribution is -2.53. The lowest BCUT2D eigenvalue weighted by atomic mass is 9.96. The second-order valence-electron chi connectivity index (χ2n) is 7.09. The second kappa shape index (κ2) is 7.70. The third-order valence-corrected chi connectivity index (χ3v) is 6.43. The van der Waals surface area contributed by atoms with Gasteiger partial charge in [0, 0.05) is 32.2 Å². The van der Waals surface area contributed by atoms with Gasteiger partial charge >= 0.3 is 6.03 Å². The topological polar surface area (TPSA) is 57.7 Å². The molecule has 2 aromatic rings. The van der Waals surface area contributed by atoms with E-state index in [-0.39, 0.29) is 6.03 Å². The number of fused-ring (bicyclic) bond motifs is 1. The fraction of sp³-hybridized carbons (Fsp3) is 0.579. The summed E-state index contributed by atoms with van der Waals surface area (Å²) < 4.78 is 6.43. The number of piperazine rings is 1. The van der Waals surface area contributed by atoms with Crippen molar-refractivity contribution in [1.29, 1.82) is 0 Å². The molecule has 1 aliphatic heterocycles. The van der Waals surface area contributed by atoms with Gasteiger partial charge < -0.3 is 19.9 Å². The summed E-state index contributed by atoms with van der Waals surface area (Å²) in [6.07, 6.45) is 6.03. The number of aromatic nitrogens is 1. The van der Waals surface area contributed by atoms with Gasteiger partial charge in [-0.25, -0.2) is 9.78 Å². The normalized spacial score (nSPS) is 19.0. The van der Waals surface area contributed by atoms with Crippen LogP contribution >= 0.6 is 11.3 Å². The summed E-state index contributed by atoms with van der Waals surface area (Å²) in [5, 5.41) is 4.25. The number of hydrogen-bond acceptors (Lipinski definition) is 5. The van der Waals surface area contributed by atoms with Crippen LogP contribution in [0.3, 0.4) is 0 Å². The molecule has 140 valence electrons. The number of hydrogen-bond donors (Lipinski definition) is 1. The molecule has 2 aliphatic rings. The first kappa shape index (κ1) is 17.4. The number of thiazole rings is 1. The number of nitrogens with zero attached hydrogens (tertiary/aromatic N) is 3. The van der Waals surface area contributed by atoms with Gasteiger partial charge in [-0.1, -0.05) is 30.6 Å². The molecule has 6 nitrogen and oxygen atoms in total. The Morgan fingerprint density at radius 3 is 2.69 bits per heavy atom. The highest BCUT2D eigenvalue weighted by atomic mass is 32.1. The number of carbonyl (C=O) groups excluding carboxylic acids is 1. The Balaban J connectivity index is 1.35. The van der Waals surface area contributed by atoms with E-state index in [1.54, 1.807) is 18.4 Å². The van der Waals surface area contributed by atoms with Gasteiger partial charge in [-0.3, -0.25) is 0 Å². The minimum Gasteiger partial charge on any atom is -0.497 e. The summed E-state index contributed by atoms with van der Waals surface area (Å²) in [7, 11) is 1.68. The molecule has 1 saturated carbocycles. The average Bonchev–Trinajstić information content (AvgIpc) is 3.12. The number of benzene rings is 1. The lowest BCUT2D eigenvalue weighted by molar-refractivity contribution is 0.186.